The number of rotatable bonds is 4. The Balaban J connectivity index is 1.38. The van der Waals surface area contributed by atoms with Crippen LogP contribution < -0.4 is 5.46 Å². The highest BCUT2D eigenvalue weighted by molar-refractivity contribution is 7.26. The number of hydrogen-bond acceptors (Lipinski definition) is 5. The van der Waals surface area contributed by atoms with Gasteiger partial charge in [-0.2, -0.15) is 0 Å². The molecule has 0 aliphatic carbocycles. The minimum absolute atomic E-state index is 0.398. The Hall–Kier alpha value is -3.84. The summed E-state index contributed by atoms with van der Waals surface area (Å²) in [6.45, 7) is 8.33. The Morgan fingerprint density at radius 2 is 1.20 bits per heavy atom. The average Bonchev–Trinajstić information content (AvgIpc) is 3.45. The number of nitrogens with zero attached hydrogens (tertiary/aromatic N) is 2. The Labute approximate surface area is 238 Å². The summed E-state index contributed by atoms with van der Waals surface area (Å²) >= 11 is 1.73. The largest absolute Gasteiger partial charge is 0.494 e. The second-order valence-corrected chi connectivity index (χ2v) is 12.4. The Morgan fingerprint density at radius 1 is 0.625 bits per heavy atom. The van der Waals surface area contributed by atoms with E-state index in [0.717, 1.165) is 37.9 Å². The summed E-state index contributed by atoms with van der Waals surface area (Å²) in [7, 11) is -0.426. The summed E-state index contributed by atoms with van der Waals surface area (Å²) in [6.07, 6.45) is 0. The van der Waals surface area contributed by atoms with Crippen LogP contribution in [-0.2, 0) is 9.31 Å². The molecule has 0 spiro atoms. The monoisotopic (exact) mass is 540 g/mol. The van der Waals surface area contributed by atoms with E-state index in [0.29, 0.717) is 5.82 Å². The molecule has 1 aliphatic heterocycles. The maximum absolute atomic E-state index is 6.37. The van der Waals surface area contributed by atoms with Crippen molar-refractivity contribution in [2.24, 2.45) is 0 Å². The molecular weight excluding hydrogens is 511 g/mol. The zero-order chi connectivity index (χ0) is 27.5. The minimum Gasteiger partial charge on any atom is -0.399 e. The highest BCUT2D eigenvalue weighted by atomic mass is 32.1. The lowest BCUT2D eigenvalue weighted by Gasteiger charge is -2.32. The molecule has 0 bridgehead atoms. The first-order valence-corrected chi connectivity index (χ1v) is 14.4. The molecule has 1 saturated heterocycles. The second kappa shape index (κ2) is 9.38. The van der Waals surface area contributed by atoms with Gasteiger partial charge in [0.25, 0.3) is 0 Å². The molecule has 2 aromatic heterocycles. The van der Waals surface area contributed by atoms with E-state index in [2.05, 4.69) is 119 Å². The predicted molar refractivity (Wildman–Crippen MR) is 167 cm³/mol. The fraction of sp³-hybridized carbons (Fsp3) is 0.176. The number of aromatic nitrogens is 2. The van der Waals surface area contributed by atoms with Crippen LogP contribution in [0.3, 0.4) is 0 Å². The van der Waals surface area contributed by atoms with Crippen molar-refractivity contribution < 1.29 is 9.31 Å². The molecule has 196 valence electrons. The van der Waals surface area contributed by atoms with E-state index in [1.807, 2.05) is 12.1 Å². The fourth-order valence-electron chi connectivity index (χ4n) is 5.15. The molecule has 3 heterocycles. The molecular formula is C34H29BN2O2S. The fourth-order valence-corrected chi connectivity index (χ4v) is 6.28. The first-order chi connectivity index (χ1) is 19.3. The molecule has 6 aromatic rings. The summed E-state index contributed by atoms with van der Waals surface area (Å²) in [6, 6.07) is 35.7. The lowest BCUT2D eigenvalue weighted by atomic mass is 9.78. The Kier molecular flexibility index (Phi) is 5.90. The van der Waals surface area contributed by atoms with Crippen LogP contribution in [0.15, 0.2) is 103 Å². The molecule has 4 aromatic carbocycles. The van der Waals surface area contributed by atoms with Crippen LogP contribution in [0.4, 0.5) is 0 Å². The molecule has 1 fully saturated rings. The van der Waals surface area contributed by atoms with E-state index in [9.17, 15) is 0 Å². The zero-order valence-electron chi connectivity index (χ0n) is 23.0. The maximum atomic E-state index is 6.37. The van der Waals surface area contributed by atoms with Gasteiger partial charge in [-0.15, -0.1) is 11.3 Å². The molecule has 0 saturated carbocycles. The molecule has 6 heteroatoms. The third-order valence-corrected chi connectivity index (χ3v) is 9.33. The van der Waals surface area contributed by atoms with Gasteiger partial charge in [0.15, 0.2) is 5.82 Å². The third-order valence-electron chi connectivity index (χ3n) is 8.16. The summed E-state index contributed by atoms with van der Waals surface area (Å²) in [5, 5.41) is 1.09. The highest BCUT2D eigenvalue weighted by Crippen LogP contribution is 2.40. The van der Waals surface area contributed by atoms with Gasteiger partial charge in [0.2, 0.25) is 0 Å². The summed E-state index contributed by atoms with van der Waals surface area (Å²) in [5.74, 6) is 0.715. The molecule has 1 aliphatic rings. The number of hydrogen-bond donors (Lipinski definition) is 0. The smallest absolute Gasteiger partial charge is 0.399 e. The van der Waals surface area contributed by atoms with Gasteiger partial charge in [-0.1, -0.05) is 97.1 Å². The van der Waals surface area contributed by atoms with Crippen LogP contribution in [0.1, 0.15) is 27.7 Å². The minimum atomic E-state index is -0.426. The van der Waals surface area contributed by atoms with Crippen molar-refractivity contribution in [2.75, 3.05) is 0 Å². The Bertz CT molecular complexity index is 1830. The van der Waals surface area contributed by atoms with Crippen molar-refractivity contribution in [1.29, 1.82) is 0 Å². The quantitative estimate of drug-likeness (QED) is 0.212. The number of thiophene rings is 1. The summed E-state index contributed by atoms with van der Waals surface area (Å²) < 4.78 is 15.0. The molecule has 40 heavy (non-hydrogen) atoms. The van der Waals surface area contributed by atoms with E-state index in [1.165, 1.54) is 15.8 Å². The van der Waals surface area contributed by atoms with Gasteiger partial charge in [-0.05, 0) is 50.4 Å². The highest BCUT2D eigenvalue weighted by Gasteiger charge is 2.51. The van der Waals surface area contributed by atoms with Crippen LogP contribution in [0.5, 0.6) is 0 Å². The topological polar surface area (TPSA) is 44.2 Å². The van der Waals surface area contributed by atoms with Crippen molar-refractivity contribution in [3.63, 3.8) is 0 Å². The average molecular weight is 540 g/mol. The number of benzene rings is 4. The number of fused-ring (bicyclic) bond motifs is 3. The van der Waals surface area contributed by atoms with Crippen LogP contribution in [0.25, 0.3) is 54.1 Å². The molecule has 0 amide bonds. The van der Waals surface area contributed by atoms with Crippen molar-refractivity contribution >= 4 is 44.2 Å². The third kappa shape index (κ3) is 4.24. The van der Waals surface area contributed by atoms with Crippen molar-refractivity contribution in [3.05, 3.63) is 103 Å². The van der Waals surface area contributed by atoms with Gasteiger partial charge in [0.05, 0.1) is 27.1 Å². The van der Waals surface area contributed by atoms with E-state index < -0.39 is 18.3 Å². The van der Waals surface area contributed by atoms with E-state index >= 15 is 0 Å². The second-order valence-electron chi connectivity index (χ2n) is 11.3. The summed E-state index contributed by atoms with van der Waals surface area (Å²) in [5.41, 5.74) is 6.53. The Morgan fingerprint density at radius 3 is 1.85 bits per heavy atom. The normalized spacial score (nSPS) is 16.1. The SMILES string of the molecule is CC1(C)OB(c2ccc3sc4c(-c5ccccc5)nc(-c5ccc(-c6ccccc6)cc5)nc4c3c2)OC1(C)C. The van der Waals surface area contributed by atoms with E-state index in [1.54, 1.807) is 11.3 Å². The lowest BCUT2D eigenvalue weighted by molar-refractivity contribution is 0.00578. The van der Waals surface area contributed by atoms with Crippen LogP contribution >= 0.6 is 11.3 Å². The van der Waals surface area contributed by atoms with Crippen LogP contribution in [0, 0.1) is 0 Å². The van der Waals surface area contributed by atoms with Gasteiger partial charge in [0, 0.05) is 21.2 Å². The zero-order valence-corrected chi connectivity index (χ0v) is 23.8. The molecule has 0 atom stereocenters. The lowest BCUT2D eigenvalue weighted by Crippen LogP contribution is -2.41. The van der Waals surface area contributed by atoms with Crippen LogP contribution in [0.2, 0.25) is 0 Å². The van der Waals surface area contributed by atoms with Gasteiger partial charge in [-0.25, -0.2) is 9.97 Å². The van der Waals surface area contributed by atoms with Crippen molar-refractivity contribution in [3.8, 4) is 33.8 Å². The van der Waals surface area contributed by atoms with Crippen molar-refractivity contribution in [2.45, 2.75) is 38.9 Å². The molecule has 7 rings (SSSR count). The molecule has 0 radical (unpaired) electrons. The molecule has 4 nitrogen and oxygen atoms in total. The van der Waals surface area contributed by atoms with Gasteiger partial charge in [0.1, 0.15) is 0 Å². The standard InChI is InChI=1S/C34H29BN2O2S/c1-33(2)34(3,4)39-35(38-33)26-19-20-28-27(21-26)30-31(40-28)29(24-13-9-6-10-14-24)36-32(37-30)25-17-15-23(16-18-25)22-11-7-5-8-12-22/h5-21H,1-4H3. The van der Waals surface area contributed by atoms with Gasteiger partial charge >= 0.3 is 7.12 Å². The first kappa shape index (κ1) is 25.2. The molecule has 0 unspecified atom stereocenters. The van der Waals surface area contributed by atoms with Crippen molar-refractivity contribution in [1.82, 2.24) is 9.97 Å². The van der Waals surface area contributed by atoms with E-state index in [4.69, 9.17) is 19.3 Å². The van der Waals surface area contributed by atoms with Gasteiger partial charge in [-0.3, -0.25) is 0 Å². The summed E-state index contributed by atoms with van der Waals surface area (Å²) in [4.78, 5) is 10.3. The first-order valence-electron chi connectivity index (χ1n) is 13.6. The van der Waals surface area contributed by atoms with Crippen LogP contribution in [-0.4, -0.2) is 28.3 Å². The predicted octanol–water partition coefficient (Wildman–Crippen LogP) is 8.14. The molecule has 0 N–H and O–H groups in total. The maximum Gasteiger partial charge on any atom is 0.494 e. The van der Waals surface area contributed by atoms with E-state index in [-0.39, 0.29) is 0 Å². The van der Waals surface area contributed by atoms with Gasteiger partial charge < -0.3 is 9.31 Å².